The van der Waals surface area contributed by atoms with E-state index in [0.29, 0.717) is 32.4 Å². The van der Waals surface area contributed by atoms with Gasteiger partial charge in [0.15, 0.2) is 0 Å². The molecule has 3 amide bonds. The maximum Gasteiger partial charge on any atom is 0.272 e. The largest absolute Gasteiger partial charge is 0.323 e. The summed E-state index contributed by atoms with van der Waals surface area (Å²) in [6, 6.07) is 35.0. The average molecular weight is 698 g/mol. The van der Waals surface area contributed by atoms with Crippen LogP contribution in [0.4, 0.5) is 17.1 Å². The highest BCUT2D eigenvalue weighted by Crippen LogP contribution is 2.38. The zero-order chi connectivity index (χ0) is 34.0. The first-order valence-electron chi connectivity index (χ1n) is 14.4. The highest BCUT2D eigenvalue weighted by Gasteiger charge is 2.24. The van der Waals surface area contributed by atoms with Crippen LogP contribution in [0.1, 0.15) is 26.7 Å². The standard InChI is InChI=1S/C36H26Cl2N4O5S/c37-29-15-8-16-30(32(29)38)40-36(45)33(24-9-3-1-4-10-24)48-28-14-7-13-26(22-28)39-35(44)31(41-34(43)25-11-5-2-6-12-25)21-23-17-19-27(20-18-23)42(46)47/h1-22,33H,(H,39,44)(H,40,45)(H,41,43)/b31-21+. The molecule has 12 heteroatoms. The Morgan fingerprint density at radius 1 is 0.771 bits per heavy atom. The predicted octanol–water partition coefficient (Wildman–Crippen LogP) is 8.78. The molecule has 0 aromatic heterocycles. The van der Waals surface area contributed by atoms with E-state index in [1.54, 1.807) is 72.8 Å². The minimum Gasteiger partial charge on any atom is -0.323 e. The van der Waals surface area contributed by atoms with E-state index >= 15 is 0 Å². The van der Waals surface area contributed by atoms with Crippen molar-refractivity contribution in [1.82, 2.24) is 5.32 Å². The molecule has 0 aliphatic heterocycles. The summed E-state index contributed by atoms with van der Waals surface area (Å²) in [5.74, 6) is -1.48. The highest BCUT2D eigenvalue weighted by molar-refractivity contribution is 8.00. The number of carbonyl (C=O) groups excluding carboxylic acids is 3. The SMILES string of the molecule is O=C(Nc1cccc(SC(C(=O)Nc2cccc(Cl)c2Cl)c2ccccc2)c1)/C(=C\c1ccc([N+](=O)[O-])cc1)NC(=O)c1ccccc1. The molecule has 9 nitrogen and oxygen atoms in total. The van der Waals surface area contributed by atoms with Gasteiger partial charge in [0, 0.05) is 28.3 Å². The molecule has 0 bridgehead atoms. The molecule has 0 aliphatic rings. The van der Waals surface area contributed by atoms with Gasteiger partial charge in [0.25, 0.3) is 17.5 Å². The van der Waals surface area contributed by atoms with Crippen LogP contribution in [-0.2, 0) is 9.59 Å². The van der Waals surface area contributed by atoms with Gasteiger partial charge < -0.3 is 16.0 Å². The first kappa shape index (κ1) is 33.9. The molecule has 0 fully saturated rings. The lowest BCUT2D eigenvalue weighted by Crippen LogP contribution is -2.30. The molecule has 3 N–H and O–H groups in total. The van der Waals surface area contributed by atoms with Crippen molar-refractivity contribution in [3.8, 4) is 0 Å². The Bertz CT molecular complexity index is 1990. The van der Waals surface area contributed by atoms with Crippen molar-refractivity contribution in [3.05, 3.63) is 170 Å². The second-order valence-electron chi connectivity index (χ2n) is 10.2. The fraction of sp³-hybridized carbons (Fsp3) is 0.0278. The molecule has 0 radical (unpaired) electrons. The fourth-order valence-electron chi connectivity index (χ4n) is 4.48. The fourth-order valence-corrected chi connectivity index (χ4v) is 5.91. The van der Waals surface area contributed by atoms with Crippen molar-refractivity contribution in [2.45, 2.75) is 10.1 Å². The summed E-state index contributed by atoms with van der Waals surface area (Å²) in [6.07, 6.45) is 1.43. The van der Waals surface area contributed by atoms with Crippen molar-refractivity contribution >= 4 is 75.8 Å². The number of nitrogens with zero attached hydrogens (tertiary/aromatic N) is 1. The molecule has 240 valence electrons. The number of thioether (sulfide) groups is 1. The summed E-state index contributed by atoms with van der Waals surface area (Å²) in [4.78, 5) is 51.4. The van der Waals surface area contributed by atoms with E-state index in [-0.39, 0.29) is 22.3 Å². The minimum absolute atomic E-state index is 0.0873. The van der Waals surface area contributed by atoms with Crippen molar-refractivity contribution in [2.24, 2.45) is 0 Å². The Morgan fingerprint density at radius 3 is 2.12 bits per heavy atom. The lowest BCUT2D eigenvalue weighted by atomic mass is 10.1. The number of hydrogen-bond donors (Lipinski definition) is 3. The molecular weight excluding hydrogens is 671 g/mol. The van der Waals surface area contributed by atoms with Gasteiger partial charge in [0.2, 0.25) is 5.91 Å². The Labute approximate surface area is 290 Å². The summed E-state index contributed by atoms with van der Waals surface area (Å²) in [7, 11) is 0. The normalized spacial score (nSPS) is 11.7. The van der Waals surface area contributed by atoms with E-state index in [1.807, 2.05) is 30.3 Å². The second-order valence-corrected chi connectivity index (χ2v) is 12.2. The second kappa shape index (κ2) is 15.9. The number of nitro groups is 1. The number of benzene rings is 5. The van der Waals surface area contributed by atoms with Crippen molar-refractivity contribution in [2.75, 3.05) is 10.6 Å². The molecule has 48 heavy (non-hydrogen) atoms. The van der Waals surface area contributed by atoms with Gasteiger partial charge in [-0.25, -0.2) is 0 Å². The number of amides is 3. The number of anilines is 2. The highest BCUT2D eigenvalue weighted by atomic mass is 35.5. The number of nitrogens with one attached hydrogen (secondary N) is 3. The Balaban J connectivity index is 1.39. The zero-order valence-electron chi connectivity index (χ0n) is 24.9. The van der Waals surface area contributed by atoms with Gasteiger partial charge in [-0.05, 0) is 71.8 Å². The Morgan fingerprint density at radius 2 is 1.44 bits per heavy atom. The molecule has 5 aromatic rings. The van der Waals surface area contributed by atoms with Crippen LogP contribution in [0.2, 0.25) is 10.0 Å². The van der Waals surface area contributed by atoms with Crippen LogP contribution in [0, 0.1) is 10.1 Å². The quantitative estimate of drug-likeness (QED) is 0.0548. The lowest BCUT2D eigenvalue weighted by molar-refractivity contribution is -0.384. The van der Waals surface area contributed by atoms with E-state index in [1.165, 1.54) is 42.1 Å². The maximum atomic E-state index is 13.6. The van der Waals surface area contributed by atoms with Gasteiger partial charge in [-0.3, -0.25) is 24.5 Å². The monoisotopic (exact) mass is 696 g/mol. The molecule has 0 heterocycles. The molecular formula is C36H26Cl2N4O5S. The van der Waals surface area contributed by atoms with E-state index < -0.39 is 22.0 Å². The first-order chi connectivity index (χ1) is 23.2. The van der Waals surface area contributed by atoms with Crippen LogP contribution in [-0.4, -0.2) is 22.6 Å². The van der Waals surface area contributed by atoms with E-state index in [4.69, 9.17) is 23.2 Å². The summed E-state index contributed by atoms with van der Waals surface area (Å²) >= 11 is 13.7. The molecule has 5 aromatic carbocycles. The molecule has 1 atom stereocenters. The van der Waals surface area contributed by atoms with Crippen molar-refractivity contribution < 1.29 is 19.3 Å². The maximum absolute atomic E-state index is 13.6. The van der Waals surface area contributed by atoms with Crippen LogP contribution in [0.15, 0.2) is 138 Å². The summed E-state index contributed by atoms with van der Waals surface area (Å²) in [5.41, 5.74) is 2.11. The number of non-ortho nitro benzene ring substituents is 1. The third-order valence-electron chi connectivity index (χ3n) is 6.84. The van der Waals surface area contributed by atoms with E-state index in [0.717, 1.165) is 5.56 Å². The number of nitro benzene ring substituents is 1. The Hall–Kier alpha value is -5.42. The topological polar surface area (TPSA) is 130 Å². The predicted molar refractivity (Wildman–Crippen MR) is 190 cm³/mol. The van der Waals surface area contributed by atoms with Crippen LogP contribution in [0.5, 0.6) is 0 Å². The third-order valence-corrected chi connectivity index (χ3v) is 8.91. The average Bonchev–Trinajstić information content (AvgIpc) is 3.10. The van der Waals surface area contributed by atoms with Gasteiger partial charge >= 0.3 is 0 Å². The smallest absolute Gasteiger partial charge is 0.272 e. The summed E-state index contributed by atoms with van der Waals surface area (Å²) in [6.45, 7) is 0. The molecule has 5 rings (SSSR count). The number of carbonyl (C=O) groups is 3. The van der Waals surface area contributed by atoms with Crippen molar-refractivity contribution in [3.63, 3.8) is 0 Å². The first-order valence-corrected chi connectivity index (χ1v) is 16.0. The van der Waals surface area contributed by atoms with Gasteiger partial charge in [-0.1, -0.05) is 83.9 Å². The molecule has 0 saturated carbocycles. The molecule has 0 saturated heterocycles. The third kappa shape index (κ3) is 8.89. The van der Waals surface area contributed by atoms with Crippen LogP contribution in [0.25, 0.3) is 6.08 Å². The molecule has 1 unspecified atom stereocenters. The van der Waals surface area contributed by atoms with Gasteiger partial charge in [0.1, 0.15) is 10.9 Å². The zero-order valence-corrected chi connectivity index (χ0v) is 27.3. The number of halogens is 2. The minimum atomic E-state index is -0.699. The van der Waals surface area contributed by atoms with Crippen LogP contribution in [0.3, 0.4) is 0 Å². The lowest BCUT2D eigenvalue weighted by Gasteiger charge is -2.18. The number of hydrogen-bond acceptors (Lipinski definition) is 6. The van der Waals surface area contributed by atoms with Gasteiger partial charge in [0.05, 0.1) is 20.7 Å². The summed E-state index contributed by atoms with van der Waals surface area (Å²) in [5, 5.41) is 19.3. The van der Waals surface area contributed by atoms with Gasteiger partial charge in [-0.2, -0.15) is 0 Å². The summed E-state index contributed by atoms with van der Waals surface area (Å²) < 4.78 is 0. The molecule has 0 spiro atoms. The van der Waals surface area contributed by atoms with Crippen LogP contribution < -0.4 is 16.0 Å². The van der Waals surface area contributed by atoms with Crippen LogP contribution >= 0.6 is 35.0 Å². The molecule has 0 aliphatic carbocycles. The van der Waals surface area contributed by atoms with Crippen molar-refractivity contribution in [1.29, 1.82) is 0 Å². The van der Waals surface area contributed by atoms with E-state index in [9.17, 15) is 24.5 Å². The Kier molecular flexibility index (Phi) is 11.3. The van der Waals surface area contributed by atoms with E-state index in [2.05, 4.69) is 16.0 Å². The van der Waals surface area contributed by atoms with Gasteiger partial charge in [-0.15, -0.1) is 11.8 Å². The number of rotatable bonds is 11.